The van der Waals surface area contributed by atoms with Crippen LogP contribution in [0.15, 0.2) is 30.5 Å². The smallest absolute Gasteiger partial charge is 0.221 e. The lowest BCUT2D eigenvalue weighted by Crippen LogP contribution is -2.10. The van der Waals surface area contributed by atoms with Crippen LogP contribution in [0.25, 0.3) is 10.8 Å². The van der Waals surface area contributed by atoms with E-state index in [9.17, 15) is 0 Å². The van der Waals surface area contributed by atoms with E-state index in [0.29, 0.717) is 5.88 Å². The second kappa shape index (κ2) is 4.94. The third kappa shape index (κ3) is 2.14. The summed E-state index contributed by atoms with van der Waals surface area (Å²) in [6.07, 6.45) is 2.82. The van der Waals surface area contributed by atoms with E-state index in [2.05, 4.69) is 28.5 Å². The highest BCUT2D eigenvalue weighted by Gasteiger charge is 2.02. The van der Waals surface area contributed by atoms with Crippen LogP contribution < -0.4 is 10.1 Å². The normalized spacial score (nSPS) is 10.6. The van der Waals surface area contributed by atoms with E-state index in [1.807, 2.05) is 13.1 Å². The minimum atomic E-state index is 0.692. The molecule has 16 heavy (non-hydrogen) atoms. The van der Waals surface area contributed by atoms with Gasteiger partial charge in [0, 0.05) is 11.6 Å². The van der Waals surface area contributed by atoms with Crippen LogP contribution in [0.1, 0.15) is 5.56 Å². The SMILES string of the molecule is CNCCc1ccc2c(OC)nccc2c1. The maximum Gasteiger partial charge on any atom is 0.221 e. The largest absolute Gasteiger partial charge is 0.481 e. The van der Waals surface area contributed by atoms with Crippen molar-refractivity contribution < 1.29 is 4.74 Å². The monoisotopic (exact) mass is 216 g/mol. The number of nitrogens with zero attached hydrogens (tertiary/aromatic N) is 1. The molecule has 0 spiro atoms. The number of fused-ring (bicyclic) bond motifs is 1. The van der Waals surface area contributed by atoms with Crippen LogP contribution in [0.4, 0.5) is 0 Å². The van der Waals surface area contributed by atoms with Gasteiger partial charge >= 0.3 is 0 Å². The second-order valence-electron chi connectivity index (χ2n) is 3.73. The van der Waals surface area contributed by atoms with Gasteiger partial charge in [0.05, 0.1) is 7.11 Å². The number of aromatic nitrogens is 1. The third-order valence-electron chi connectivity index (χ3n) is 2.65. The van der Waals surface area contributed by atoms with E-state index in [0.717, 1.165) is 18.4 Å². The number of rotatable bonds is 4. The summed E-state index contributed by atoms with van der Waals surface area (Å²) in [7, 11) is 3.62. The fourth-order valence-electron chi connectivity index (χ4n) is 1.79. The Bertz CT molecular complexity index is 482. The Kier molecular flexibility index (Phi) is 3.37. The van der Waals surface area contributed by atoms with Crippen molar-refractivity contribution in [1.29, 1.82) is 0 Å². The first-order chi connectivity index (χ1) is 7.85. The molecule has 2 rings (SSSR count). The first kappa shape index (κ1) is 10.9. The lowest BCUT2D eigenvalue weighted by atomic mass is 10.1. The van der Waals surface area contributed by atoms with Gasteiger partial charge in [-0.3, -0.25) is 0 Å². The molecule has 0 aliphatic rings. The summed E-state index contributed by atoms with van der Waals surface area (Å²) in [5, 5.41) is 5.40. The fraction of sp³-hybridized carbons (Fsp3) is 0.308. The Morgan fingerprint density at radius 3 is 2.94 bits per heavy atom. The van der Waals surface area contributed by atoms with Crippen molar-refractivity contribution in [3.05, 3.63) is 36.0 Å². The molecule has 0 saturated carbocycles. The molecule has 1 heterocycles. The minimum Gasteiger partial charge on any atom is -0.481 e. The summed E-state index contributed by atoms with van der Waals surface area (Å²) in [6.45, 7) is 0.994. The summed E-state index contributed by atoms with van der Waals surface area (Å²) in [5.74, 6) is 0.692. The van der Waals surface area contributed by atoms with Crippen LogP contribution in [-0.4, -0.2) is 25.7 Å². The number of hydrogen-bond donors (Lipinski definition) is 1. The number of pyridine rings is 1. The lowest BCUT2D eigenvalue weighted by Gasteiger charge is -2.06. The summed E-state index contributed by atoms with van der Waals surface area (Å²) in [4.78, 5) is 4.18. The van der Waals surface area contributed by atoms with Crippen LogP contribution >= 0.6 is 0 Å². The van der Waals surface area contributed by atoms with Crippen molar-refractivity contribution >= 4 is 10.8 Å². The average Bonchev–Trinajstić information content (AvgIpc) is 2.35. The van der Waals surface area contributed by atoms with Crippen molar-refractivity contribution in [3.8, 4) is 5.88 Å². The number of hydrogen-bond acceptors (Lipinski definition) is 3. The van der Waals surface area contributed by atoms with Gasteiger partial charge in [-0.25, -0.2) is 4.98 Å². The Hall–Kier alpha value is -1.61. The molecular weight excluding hydrogens is 200 g/mol. The molecule has 84 valence electrons. The van der Waals surface area contributed by atoms with E-state index >= 15 is 0 Å². The Morgan fingerprint density at radius 2 is 2.19 bits per heavy atom. The van der Waals surface area contributed by atoms with E-state index in [1.54, 1.807) is 13.3 Å². The van der Waals surface area contributed by atoms with E-state index < -0.39 is 0 Å². The average molecular weight is 216 g/mol. The molecule has 3 heteroatoms. The predicted molar refractivity (Wildman–Crippen MR) is 65.9 cm³/mol. The lowest BCUT2D eigenvalue weighted by molar-refractivity contribution is 0.403. The van der Waals surface area contributed by atoms with E-state index in [4.69, 9.17) is 4.74 Å². The van der Waals surface area contributed by atoms with Gasteiger partial charge in [-0.1, -0.05) is 12.1 Å². The van der Waals surface area contributed by atoms with Gasteiger partial charge in [0.15, 0.2) is 0 Å². The molecule has 0 fully saturated rings. The molecule has 0 saturated heterocycles. The standard InChI is InChI=1S/C13H16N2O/c1-14-7-5-10-3-4-12-11(9-10)6-8-15-13(12)16-2/h3-4,6,8-9,14H,5,7H2,1-2H3. The van der Waals surface area contributed by atoms with Gasteiger partial charge < -0.3 is 10.1 Å². The number of likely N-dealkylation sites (N-methyl/N-ethyl adjacent to an activating group) is 1. The van der Waals surface area contributed by atoms with E-state index in [-0.39, 0.29) is 0 Å². The van der Waals surface area contributed by atoms with Crippen LogP contribution in [0.5, 0.6) is 5.88 Å². The predicted octanol–water partition coefficient (Wildman–Crippen LogP) is 2.01. The molecule has 1 aromatic heterocycles. The molecule has 0 amide bonds. The molecule has 0 radical (unpaired) electrons. The minimum absolute atomic E-state index is 0.692. The summed E-state index contributed by atoms with van der Waals surface area (Å²) in [6, 6.07) is 8.41. The molecule has 0 aliphatic carbocycles. The zero-order chi connectivity index (χ0) is 11.4. The van der Waals surface area contributed by atoms with Crippen molar-refractivity contribution in [3.63, 3.8) is 0 Å². The molecule has 1 N–H and O–H groups in total. The zero-order valence-corrected chi connectivity index (χ0v) is 9.66. The summed E-state index contributed by atoms with van der Waals surface area (Å²) < 4.78 is 5.23. The first-order valence-corrected chi connectivity index (χ1v) is 5.41. The Labute approximate surface area is 95.5 Å². The van der Waals surface area contributed by atoms with Crippen LogP contribution in [0, 0.1) is 0 Å². The Balaban J connectivity index is 2.39. The second-order valence-corrected chi connectivity index (χ2v) is 3.73. The maximum atomic E-state index is 5.23. The number of methoxy groups -OCH3 is 1. The number of benzene rings is 1. The van der Waals surface area contributed by atoms with Gasteiger partial charge in [-0.2, -0.15) is 0 Å². The van der Waals surface area contributed by atoms with Crippen LogP contribution in [0.2, 0.25) is 0 Å². The molecule has 0 bridgehead atoms. The van der Waals surface area contributed by atoms with E-state index in [1.165, 1.54) is 10.9 Å². The molecule has 2 aromatic rings. The van der Waals surface area contributed by atoms with Gasteiger partial charge in [0.2, 0.25) is 5.88 Å². The molecule has 0 unspecified atom stereocenters. The van der Waals surface area contributed by atoms with Gasteiger partial charge in [-0.05, 0) is 43.1 Å². The van der Waals surface area contributed by atoms with Gasteiger partial charge in [0.25, 0.3) is 0 Å². The van der Waals surface area contributed by atoms with Crippen molar-refractivity contribution in [1.82, 2.24) is 10.3 Å². The fourth-order valence-corrected chi connectivity index (χ4v) is 1.79. The molecule has 0 aliphatic heterocycles. The zero-order valence-electron chi connectivity index (χ0n) is 9.66. The number of ether oxygens (including phenoxy) is 1. The van der Waals surface area contributed by atoms with Crippen molar-refractivity contribution in [2.75, 3.05) is 20.7 Å². The number of nitrogens with one attached hydrogen (secondary N) is 1. The molecule has 0 atom stereocenters. The molecule has 3 nitrogen and oxygen atoms in total. The first-order valence-electron chi connectivity index (χ1n) is 5.41. The highest BCUT2D eigenvalue weighted by Crippen LogP contribution is 2.23. The van der Waals surface area contributed by atoms with Crippen molar-refractivity contribution in [2.24, 2.45) is 0 Å². The third-order valence-corrected chi connectivity index (χ3v) is 2.65. The Morgan fingerprint density at radius 1 is 1.31 bits per heavy atom. The van der Waals surface area contributed by atoms with Crippen LogP contribution in [-0.2, 0) is 6.42 Å². The topological polar surface area (TPSA) is 34.1 Å². The van der Waals surface area contributed by atoms with Crippen LogP contribution in [0.3, 0.4) is 0 Å². The van der Waals surface area contributed by atoms with Gasteiger partial charge in [0.1, 0.15) is 0 Å². The highest BCUT2D eigenvalue weighted by atomic mass is 16.5. The molecule has 1 aromatic carbocycles. The summed E-state index contributed by atoms with van der Waals surface area (Å²) in [5.41, 5.74) is 1.33. The quantitative estimate of drug-likeness (QED) is 0.848. The van der Waals surface area contributed by atoms with Crippen molar-refractivity contribution in [2.45, 2.75) is 6.42 Å². The maximum absolute atomic E-state index is 5.23. The highest BCUT2D eigenvalue weighted by molar-refractivity contribution is 5.87. The summed E-state index contributed by atoms with van der Waals surface area (Å²) >= 11 is 0. The molecular formula is C13H16N2O. The van der Waals surface area contributed by atoms with Gasteiger partial charge in [-0.15, -0.1) is 0 Å².